The summed E-state index contributed by atoms with van der Waals surface area (Å²) in [4.78, 5) is 0. The van der Waals surface area contributed by atoms with Gasteiger partial charge in [-0.25, -0.2) is 0 Å². The van der Waals surface area contributed by atoms with Crippen LogP contribution in [0.4, 0.5) is 0 Å². The van der Waals surface area contributed by atoms with Crippen molar-refractivity contribution in [2.24, 2.45) is 0 Å². The van der Waals surface area contributed by atoms with Crippen molar-refractivity contribution in [1.29, 1.82) is 0 Å². The lowest BCUT2D eigenvalue weighted by Crippen LogP contribution is -2.23. The topological polar surface area (TPSA) is 35.5 Å². The Morgan fingerprint density at radius 1 is 0.880 bits per heavy atom. The van der Waals surface area contributed by atoms with E-state index in [4.69, 9.17) is 9.47 Å². The summed E-state index contributed by atoms with van der Waals surface area (Å²) in [6.45, 7) is 0. The van der Waals surface area contributed by atoms with Gasteiger partial charge >= 0.3 is 0 Å². The van der Waals surface area contributed by atoms with Gasteiger partial charge in [0.15, 0.2) is 0 Å². The van der Waals surface area contributed by atoms with Crippen LogP contribution in [-0.4, -0.2) is 14.2 Å². The molecule has 0 radical (unpaired) electrons. The van der Waals surface area contributed by atoms with Crippen molar-refractivity contribution in [3.63, 3.8) is 0 Å². The van der Waals surface area contributed by atoms with E-state index in [-0.39, 0.29) is 0 Å². The van der Waals surface area contributed by atoms with Gasteiger partial charge in [-0.2, -0.15) is 0 Å². The van der Waals surface area contributed by atoms with Crippen LogP contribution in [0.25, 0.3) is 11.1 Å². The number of rotatable bonds is 3. The molecule has 0 saturated carbocycles. The number of ether oxygens (including phenoxy) is 2. The molecule has 0 fully saturated rings. The molecule has 1 aliphatic rings. The van der Waals surface area contributed by atoms with Crippen molar-refractivity contribution < 1.29 is 14.0 Å². The molecular formula is C21H19O3P. The van der Waals surface area contributed by atoms with Crippen molar-refractivity contribution in [3.05, 3.63) is 72.3 Å². The molecule has 1 heterocycles. The summed E-state index contributed by atoms with van der Waals surface area (Å²) in [7, 11) is 0.530. The van der Waals surface area contributed by atoms with Crippen LogP contribution in [0.15, 0.2) is 66.7 Å². The Labute approximate surface area is 147 Å². The highest BCUT2D eigenvalue weighted by molar-refractivity contribution is 7.78. The molecule has 1 unspecified atom stereocenters. The van der Waals surface area contributed by atoms with Gasteiger partial charge in [0, 0.05) is 28.4 Å². The molecule has 0 aromatic heterocycles. The summed E-state index contributed by atoms with van der Waals surface area (Å²) >= 11 is 0. The molecule has 0 aliphatic carbocycles. The Morgan fingerprint density at radius 2 is 1.60 bits per heavy atom. The van der Waals surface area contributed by atoms with Crippen LogP contribution in [0, 0.1) is 0 Å². The first kappa shape index (κ1) is 16.0. The molecule has 0 spiro atoms. The van der Waals surface area contributed by atoms with E-state index < -0.39 is 7.14 Å². The largest absolute Gasteiger partial charge is 0.497 e. The van der Waals surface area contributed by atoms with Gasteiger partial charge in [-0.15, -0.1) is 0 Å². The molecule has 3 aromatic rings. The number of fused-ring (bicyclic) bond motifs is 3. The normalized spacial score (nSPS) is 18.2. The Bertz CT molecular complexity index is 980. The second kappa shape index (κ2) is 6.09. The molecule has 1 aliphatic heterocycles. The first-order chi connectivity index (χ1) is 12.2. The zero-order chi connectivity index (χ0) is 17.4. The lowest BCUT2D eigenvalue weighted by molar-refractivity contribution is 0.394. The summed E-state index contributed by atoms with van der Waals surface area (Å²) in [5.74, 6) is 1.47. The third kappa shape index (κ3) is 2.47. The highest BCUT2D eigenvalue weighted by atomic mass is 31.2. The Morgan fingerprint density at radius 3 is 2.32 bits per heavy atom. The van der Waals surface area contributed by atoms with Gasteiger partial charge < -0.3 is 14.0 Å². The van der Waals surface area contributed by atoms with Gasteiger partial charge in [0.05, 0.1) is 14.2 Å². The van der Waals surface area contributed by atoms with Gasteiger partial charge in [0.2, 0.25) is 0 Å². The molecule has 0 amide bonds. The maximum atomic E-state index is 14.1. The van der Waals surface area contributed by atoms with Gasteiger partial charge in [-0.3, -0.25) is 0 Å². The second-order valence-corrected chi connectivity index (χ2v) is 8.91. The summed E-state index contributed by atoms with van der Waals surface area (Å²) in [5, 5.41) is 1.78. The minimum absolute atomic E-state index is 0.469. The first-order valence-electron chi connectivity index (χ1n) is 8.17. The third-order valence-corrected chi connectivity index (χ3v) is 7.83. The molecule has 25 heavy (non-hydrogen) atoms. The van der Waals surface area contributed by atoms with E-state index in [9.17, 15) is 4.57 Å². The molecule has 126 valence electrons. The number of benzene rings is 3. The maximum absolute atomic E-state index is 14.1. The monoisotopic (exact) mass is 350 g/mol. The highest BCUT2D eigenvalue weighted by Gasteiger charge is 2.36. The van der Waals surface area contributed by atoms with Gasteiger partial charge in [0.25, 0.3) is 0 Å². The van der Waals surface area contributed by atoms with E-state index in [1.807, 2.05) is 66.7 Å². The van der Waals surface area contributed by atoms with E-state index in [1.54, 1.807) is 14.2 Å². The van der Waals surface area contributed by atoms with Crippen molar-refractivity contribution in [2.75, 3.05) is 14.2 Å². The van der Waals surface area contributed by atoms with E-state index in [2.05, 4.69) is 0 Å². The molecule has 1 atom stereocenters. The first-order valence-corrected chi connectivity index (χ1v) is 10.1. The van der Waals surface area contributed by atoms with E-state index in [0.29, 0.717) is 6.16 Å². The molecule has 0 saturated heterocycles. The Balaban J connectivity index is 2.03. The molecule has 0 bridgehead atoms. The lowest BCUT2D eigenvalue weighted by Gasteiger charge is -2.30. The number of methoxy groups -OCH3 is 2. The molecule has 0 N–H and O–H groups in total. The third-order valence-electron chi connectivity index (χ3n) is 4.74. The number of hydrogen-bond acceptors (Lipinski definition) is 3. The smallest absolute Gasteiger partial charge is 0.148 e. The molecule has 4 rings (SSSR count). The van der Waals surface area contributed by atoms with E-state index >= 15 is 0 Å². The summed E-state index contributed by atoms with van der Waals surface area (Å²) in [6.07, 6.45) is 0.469. The zero-order valence-corrected chi connectivity index (χ0v) is 15.1. The van der Waals surface area contributed by atoms with Crippen molar-refractivity contribution in [3.8, 4) is 22.6 Å². The lowest BCUT2D eigenvalue weighted by atomic mass is 9.98. The van der Waals surface area contributed by atoms with E-state index in [1.165, 1.54) is 0 Å². The maximum Gasteiger partial charge on any atom is 0.148 e. The van der Waals surface area contributed by atoms with Crippen molar-refractivity contribution in [1.82, 2.24) is 0 Å². The molecule has 3 nitrogen and oxygen atoms in total. The Kier molecular flexibility index (Phi) is 3.89. The SMILES string of the molecule is COc1cc2c(c(OC)c1)-c1ccccc1P(=O)(c1ccccc1)C2. The van der Waals surface area contributed by atoms with Crippen LogP contribution in [0.1, 0.15) is 5.56 Å². The molecular weight excluding hydrogens is 331 g/mol. The van der Waals surface area contributed by atoms with Crippen LogP contribution in [0.3, 0.4) is 0 Å². The number of hydrogen-bond donors (Lipinski definition) is 0. The summed E-state index contributed by atoms with van der Waals surface area (Å²) in [5.41, 5.74) is 3.00. The van der Waals surface area contributed by atoms with Crippen LogP contribution < -0.4 is 20.1 Å². The second-order valence-electron chi connectivity index (χ2n) is 6.11. The average molecular weight is 350 g/mol. The van der Waals surface area contributed by atoms with Gasteiger partial charge in [-0.05, 0) is 17.2 Å². The van der Waals surface area contributed by atoms with Crippen LogP contribution in [0.2, 0.25) is 0 Å². The quantitative estimate of drug-likeness (QED) is 0.664. The molecule has 3 aromatic carbocycles. The van der Waals surface area contributed by atoms with E-state index in [0.717, 1.165) is 38.8 Å². The highest BCUT2D eigenvalue weighted by Crippen LogP contribution is 2.56. The van der Waals surface area contributed by atoms with Crippen LogP contribution in [0.5, 0.6) is 11.5 Å². The predicted molar refractivity (Wildman–Crippen MR) is 102 cm³/mol. The van der Waals surface area contributed by atoms with Crippen LogP contribution >= 0.6 is 7.14 Å². The standard InChI is InChI=1S/C21H19O3P/c1-23-16-12-15-14-25(22,17-8-4-3-5-9-17)20-11-7-6-10-18(20)21(15)19(13-16)24-2/h3-13H,14H2,1-2H3. The Hall–Kier alpha value is -2.51. The summed E-state index contributed by atoms with van der Waals surface area (Å²) in [6, 6.07) is 21.6. The fourth-order valence-electron chi connectivity index (χ4n) is 3.58. The fourth-order valence-corrected chi connectivity index (χ4v) is 6.50. The van der Waals surface area contributed by atoms with Gasteiger partial charge in [0.1, 0.15) is 18.6 Å². The zero-order valence-electron chi connectivity index (χ0n) is 14.2. The average Bonchev–Trinajstić information content (AvgIpc) is 2.67. The minimum atomic E-state index is -2.76. The van der Waals surface area contributed by atoms with Crippen LogP contribution in [-0.2, 0) is 10.7 Å². The molecule has 4 heteroatoms. The predicted octanol–water partition coefficient (Wildman–Crippen LogP) is 4.20. The fraction of sp³-hybridized carbons (Fsp3) is 0.143. The van der Waals surface area contributed by atoms with Crippen molar-refractivity contribution in [2.45, 2.75) is 6.16 Å². The van der Waals surface area contributed by atoms with Gasteiger partial charge in [-0.1, -0.05) is 54.6 Å². The van der Waals surface area contributed by atoms with Crippen molar-refractivity contribution >= 4 is 17.8 Å². The minimum Gasteiger partial charge on any atom is -0.497 e. The summed E-state index contributed by atoms with van der Waals surface area (Å²) < 4.78 is 25.2.